The summed E-state index contributed by atoms with van der Waals surface area (Å²) in [7, 11) is -3.73. The number of halogens is 3. The topological polar surface area (TPSA) is 64.1 Å². The molecule has 32 heavy (non-hydrogen) atoms. The van der Waals surface area contributed by atoms with Crippen molar-refractivity contribution in [2.75, 3.05) is 39.3 Å². The number of hydrogen-bond acceptors (Lipinski definition) is 5. The molecule has 0 spiro atoms. The van der Waals surface area contributed by atoms with Crippen LogP contribution in [0.1, 0.15) is 11.1 Å². The average Bonchev–Trinajstić information content (AvgIpc) is 3.10. The van der Waals surface area contributed by atoms with Crippen LogP contribution in [-0.2, 0) is 16.6 Å². The Morgan fingerprint density at radius 3 is 2.31 bits per heavy atom. The molecular formula is C22H30Cl2FN3O3S. The van der Waals surface area contributed by atoms with Gasteiger partial charge >= 0.3 is 0 Å². The molecule has 2 fully saturated rings. The summed E-state index contributed by atoms with van der Waals surface area (Å²) in [6, 6.07) is 14.0. The van der Waals surface area contributed by atoms with E-state index >= 15 is 0 Å². The normalized spacial score (nSPS) is 22.8. The van der Waals surface area contributed by atoms with Gasteiger partial charge in [0.25, 0.3) is 0 Å². The second-order valence-electron chi connectivity index (χ2n) is 8.16. The van der Waals surface area contributed by atoms with Gasteiger partial charge in [-0.3, -0.25) is 9.80 Å². The lowest BCUT2D eigenvalue weighted by molar-refractivity contribution is 0.0618. The molecule has 0 unspecified atom stereocenters. The zero-order valence-electron chi connectivity index (χ0n) is 17.9. The maximum absolute atomic E-state index is 13.6. The summed E-state index contributed by atoms with van der Waals surface area (Å²) in [5, 5.41) is 10.6. The van der Waals surface area contributed by atoms with Gasteiger partial charge in [0.15, 0.2) is 0 Å². The van der Waals surface area contributed by atoms with E-state index in [-0.39, 0.29) is 35.8 Å². The maximum Gasteiger partial charge on any atom is 0.243 e. The van der Waals surface area contributed by atoms with E-state index in [1.165, 1.54) is 22.0 Å². The van der Waals surface area contributed by atoms with Gasteiger partial charge in [-0.1, -0.05) is 36.4 Å². The molecule has 2 aromatic rings. The molecule has 2 heterocycles. The Balaban J connectivity index is 0.00000181. The summed E-state index contributed by atoms with van der Waals surface area (Å²) in [5.41, 5.74) is 1.76. The lowest BCUT2D eigenvalue weighted by Crippen LogP contribution is -2.54. The van der Waals surface area contributed by atoms with E-state index in [9.17, 15) is 17.9 Å². The van der Waals surface area contributed by atoms with Crippen molar-refractivity contribution >= 4 is 34.8 Å². The van der Waals surface area contributed by atoms with Gasteiger partial charge in [-0.25, -0.2) is 12.8 Å². The van der Waals surface area contributed by atoms with Crippen molar-refractivity contribution in [3.63, 3.8) is 0 Å². The van der Waals surface area contributed by atoms with Gasteiger partial charge in [0.05, 0.1) is 11.0 Å². The molecule has 2 saturated heterocycles. The molecule has 2 aromatic carbocycles. The highest BCUT2D eigenvalue weighted by atomic mass is 35.5. The Morgan fingerprint density at radius 1 is 1.00 bits per heavy atom. The zero-order chi connectivity index (χ0) is 21.3. The lowest BCUT2D eigenvalue weighted by Gasteiger charge is -2.38. The van der Waals surface area contributed by atoms with E-state index in [2.05, 4.69) is 21.9 Å². The first-order chi connectivity index (χ1) is 14.3. The molecule has 0 amide bonds. The Hall–Kier alpha value is -1.26. The predicted molar refractivity (Wildman–Crippen MR) is 127 cm³/mol. The number of aryl methyl sites for hydroxylation is 1. The molecule has 0 bridgehead atoms. The third-order valence-corrected chi connectivity index (χ3v) is 8.13. The molecule has 0 radical (unpaired) electrons. The average molecular weight is 506 g/mol. The van der Waals surface area contributed by atoms with Crippen LogP contribution < -0.4 is 0 Å². The number of nitrogens with zero attached hydrogens (tertiary/aromatic N) is 3. The standard InChI is InChI=1S/C22H28FN3O3S.2ClH/c1-17-7-8-19(23)13-22(17)30(28,29)26-11-9-25(10-12-26)20-15-24(16-21(20)27)14-18-5-3-2-4-6-18;;/h2-8,13,20-21,27H,9-12,14-16H2,1H3;2*1H/t20-,21-;;/m0../s1. The molecule has 0 saturated carbocycles. The fourth-order valence-corrected chi connectivity index (χ4v) is 6.10. The van der Waals surface area contributed by atoms with E-state index in [4.69, 9.17) is 0 Å². The monoisotopic (exact) mass is 505 g/mol. The fourth-order valence-electron chi connectivity index (χ4n) is 4.44. The van der Waals surface area contributed by atoms with Gasteiger partial charge in [-0.05, 0) is 30.2 Å². The highest BCUT2D eigenvalue weighted by Crippen LogP contribution is 2.25. The van der Waals surface area contributed by atoms with Crippen LogP contribution in [0.25, 0.3) is 0 Å². The lowest BCUT2D eigenvalue weighted by atomic mass is 10.1. The third kappa shape index (κ3) is 5.80. The fraction of sp³-hybridized carbons (Fsp3) is 0.455. The smallest absolute Gasteiger partial charge is 0.243 e. The number of piperazine rings is 1. The number of sulfonamides is 1. The van der Waals surface area contributed by atoms with Gasteiger partial charge in [0, 0.05) is 51.9 Å². The number of benzene rings is 2. The number of aliphatic hydroxyl groups is 1. The molecule has 10 heteroatoms. The van der Waals surface area contributed by atoms with Crippen LogP contribution in [0.5, 0.6) is 0 Å². The van der Waals surface area contributed by atoms with E-state index in [1.54, 1.807) is 6.92 Å². The van der Waals surface area contributed by atoms with Crippen LogP contribution in [0, 0.1) is 12.7 Å². The van der Waals surface area contributed by atoms with Crippen LogP contribution in [0.15, 0.2) is 53.4 Å². The molecule has 1 N–H and O–H groups in total. The van der Waals surface area contributed by atoms with E-state index in [1.807, 2.05) is 18.2 Å². The van der Waals surface area contributed by atoms with Gasteiger partial charge in [0.2, 0.25) is 10.0 Å². The minimum absolute atomic E-state index is 0. The van der Waals surface area contributed by atoms with Gasteiger partial charge in [-0.2, -0.15) is 4.31 Å². The molecule has 4 rings (SSSR count). The second kappa shape index (κ2) is 11.2. The van der Waals surface area contributed by atoms with Crippen molar-refractivity contribution in [2.24, 2.45) is 0 Å². The summed E-state index contributed by atoms with van der Waals surface area (Å²) >= 11 is 0. The molecule has 2 aliphatic rings. The van der Waals surface area contributed by atoms with E-state index in [0.29, 0.717) is 38.3 Å². The largest absolute Gasteiger partial charge is 0.390 e. The number of rotatable bonds is 5. The Bertz CT molecular complexity index is 989. The number of likely N-dealkylation sites (tertiary alicyclic amines) is 1. The first-order valence-corrected chi connectivity index (χ1v) is 11.7. The van der Waals surface area contributed by atoms with E-state index < -0.39 is 21.9 Å². The molecule has 2 aliphatic heterocycles. The molecule has 0 aromatic heterocycles. The van der Waals surface area contributed by atoms with Gasteiger partial charge < -0.3 is 5.11 Å². The number of aliphatic hydroxyl groups excluding tert-OH is 1. The van der Waals surface area contributed by atoms with Gasteiger partial charge in [0.1, 0.15) is 5.82 Å². The molecule has 178 valence electrons. The molecule has 6 nitrogen and oxygen atoms in total. The minimum atomic E-state index is -3.73. The number of hydrogen-bond donors (Lipinski definition) is 1. The molecular weight excluding hydrogens is 476 g/mol. The van der Waals surface area contributed by atoms with Crippen molar-refractivity contribution < 1.29 is 17.9 Å². The zero-order valence-corrected chi connectivity index (χ0v) is 20.4. The van der Waals surface area contributed by atoms with Crippen LogP contribution in [0.2, 0.25) is 0 Å². The molecule has 0 aliphatic carbocycles. The summed E-state index contributed by atoms with van der Waals surface area (Å²) < 4.78 is 41.0. The highest BCUT2D eigenvalue weighted by Gasteiger charge is 2.38. The second-order valence-corrected chi connectivity index (χ2v) is 10.1. The summed E-state index contributed by atoms with van der Waals surface area (Å²) in [6.45, 7) is 5.61. The van der Waals surface area contributed by atoms with Crippen molar-refractivity contribution in [1.29, 1.82) is 0 Å². The van der Waals surface area contributed by atoms with Crippen LogP contribution in [-0.4, -0.2) is 79.0 Å². The quantitative estimate of drug-likeness (QED) is 0.676. The summed E-state index contributed by atoms with van der Waals surface area (Å²) in [6.07, 6.45) is -0.456. The maximum atomic E-state index is 13.6. The highest BCUT2D eigenvalue weighted by molar-refractivity contribution is 7.89. The SMILES string of the molecule is Cc1ccc(F)cc1S(=O)(=O)N1CCN([C@H]2CN(Cc3ccccc3)C[C@@H]2O)CC1.Cl.Cl. The van der Waals surface area contributed by atoms with Gasteiger partial charge in [-0.15, -0.1) is 24.8 Å². The Labute approximate surface area is 201 Å². The first-order valence-electron chi connectivity index (χ1n) is 10.3. The van der Waals surface area contributed by atoms with Crippen molar-refractivity contribution in [3.8, 4) is 0 Å². The minimum Gasteiger partial charge on any atom is -0.390 e. The van der Waals surface area contributed by atoms with E-state index in [0.717, 1.165) is 19.2 Å². The van der Waals surface area contributed by atoms with Crippen LogP contribution >= 0.6 is 24.8 Å². The van der Waals surface area contributed by atoms with Crippen molar-refractivity contribution in [2.45, 2.75) is 30.5 Å². The predicted octanol–water partition coefficient (Wildman–Crippen LogP) is 2.53. The number of β-amino-alcohol motifs (C(OH)–C–C–N with tert-alkyl or cyclic N) is 1. The first kappa shape index (κ1) is 27.0. The molecule has 2 atom stereocenters. The van der Waals surface area contributed by atoms with Crippen LogP contribution in [0.4, 0.5) is 4.39 Å². The van der Waals surface area contributed by atoms with Crippen molar-refractivity contribution in [1.82, 2.24) is 14.1 Å². The van der Waals surface area contributed by atoms with Crippen LogP contribution in [0.3, 0.4) is 0 Å². The summed E-state index contributed by atoms with van der Waals surface area (Å²) in [4.78, 5) is 4.45. The third-order valence-electron chi connectivity index (χ3n) is 6.09. The Morgan fingerprint density at radius 2 is 1.66 bits per heavy atom. The Kier molecular flexibility index (Phi) is 9.48. The van der Waals surface area contributed by atoms with Crippen molar-refractivity contribution in [3.05, 3.63) is 65.5 Å². The summed E-state index contributed by atoms with van der Waals surface area (Å²) in [5.74, 6) is -0.551.